The van der Waals surface area contributed by atoms with Crippen molar-refractivity contribution in [3.05, 3.63) is 47.9 Å². The van der Waals surface area contributed by atoms with Crippen molar-refractivity contribution >= 4 is 24.2 Å². The molecule has 30 heavy (non-hydrogen) atoms. The molecule has 3 heterocycles. The summed E-state index contributed by atoms with van der Waals surface area (Å²) in [5, 5.41) is 15.6. The Morgan fingerprint density at radius 2 is 1.90 bits per heavy atom. The normalized spacial score (nSPS) is 17.4. The van der Waals surface area contributed by atoms with Gasteiger partial charge in [0.15, 0.2) is 0 Å². The topological polar surface area (TPSA) is 98.0 Å². The van der Waals surface area contributed by atoms with E-state index < -0.39 is 24.4 Å². The fraction of sp³-hybridized carbons (Fsp3) is 0.381. The Hall–Kier alpha value is -2.91. The number of hydrogen-bond acceptors (Lipinski definition) is 5. The molecule has 0 bridgehead atoms. The number of rotatable bonds is 4. The average Bonchev–Trinajstić information content (AvgIpc) is 3.18. The highest BCUT2D eigenvalue weighted by Gasteiger charge is 2.52. The molecular formula is C21H25BN4O4. The van der Waals surface area contributed by atoms with Gasteiger partial charge in [0.1, 0.15) is 6.33 Å². The van der Waals surface area contributed by atoms with Gasteiger partial charge < -0.3 is 19.7 Å². The van der Waals surface area contributed by atoms with Crippen LogP contribution in [0.2, 0.25) is 0 Å². The van der Waals surface area contributed by atoms with Crippen molar-refractivity contribution < 1.29 is 19.2 Å². The van der Waals surface area contributed by atoms with Gasteiger partial charge in [-0.3, -0.25) is 0 Å². The summed E-state index contributed by atoms with van der Waals surface area (Å²) < 4.78 is 14.1. The van der Waals surface area contributed by atoms with Crippen LogP contribution in [0.4, 0.5) is 4.79 Å². The van der Waals surface area contributed by atoms with Crippen LogP contribution >= 0.6 is 0 Å². The van der Waals surface area contributed by atoms with E-state index in [0.717, 1.165) is 33.4 Å². The molecule has 4 rings (SSSR count). The van der Waals surface area contributed by atoms with Crippen molar-refractivity contribution in [2.45, 2.75) is 52.4 Å². The molecule has 0 saturated carbocycles. The number of aryl methyl sites for hydroxylation is 1. The van der Waals surface area contributed by atoms with Crippen molar-refractivity contribution in [3.8, 4) is 11.3 Å². The van der Waals surface area contributed by atoms with Crippen molar-refractivity contribution in [2.75, 3.05) is 0 Å². The van der Waals surface area contributed by atoms with E-state index >= 15 is 0 Å². The zero-order valence-corrected chi connectivity index (χ0v) is 17.8. The van der Waals surface area contributed by atoms with E-state index in [4.69, 9.17) is 14.4 Å². The van der Waals surface area contributed by atoms with Gasteiger partial charge in [-0.25, -0.2) is 14.3 Å². The number of carbonyl (C=O) groups is 1. The number of hydrogen-bond donors (Lipinski definition) is 2. The van der Waals surface area contributed by atoms with Crippen LogP contribution in [0.1, 0.15) is 38.8 Å². The number of nitrogens with zero attached hydrogens (tertiary/aromatic N) is 3. The predicted molar refractivity (Wildman–Crippen MR) is 114 cm³/mol. The van der Waals surface area contributed by atoms with Gasteiger partial charge in [-0.15, -0.1) is 0 Å². The van der Waals surface area contributed by atoms with Gasteiger partial charge in [-0.05, 0) is 57.9 Å². The number of amides is 1. The molecule has 1 fully saturated rings. The maximum absolute atomic E-state index is 10.8. The second-order valence-electron chi connectivity index (χ2n) is 8.60. The third-order valence-corrected chi connectivity index (χ3v) is 6.00. The maximum atomic E-state index is 10.8. The van der Waals surface area contributed by atoms with E-state index in [0.29, 0.717) is 0 Å². The smallest absolute Gasteiger partial charge is 0.465 e. The molecule has 2 aromatic heterocycles. The number of fused-ring (bicyclic) bond motifs is 1. The summed E-state index contributed by atoms with van der Waals surface area (Å²) >= 11 is 0. The Morgan fingerprint density at radius 3 is 2.53 bits per heavy atom. The Balaban J connectivity index is 1.68. The van der Waals surface area contributed by atoms with Crippen LogP contribution in [0.25, 0.3) is 16.8 Å². The summed E-state index contributed by atoms with van der Waals surface area (Å²) in [4.78, 5) is 15.3. The average molecular weight is 408 g/mol. The Bertz CT molecular complexity index is 1110. The van der Waals surface area contributed by atoms with Crippen LogP contribution in [-0.2, 0) is 15.9 Å². The molecule has 0 aliphatic carbocycles. The molecule has 1 aromatic carbocycles. The first-order chi connectivity index (χ1) is 14.1. The lowest BCUT2D eigenvalue weighted by Gasteiger charge is -2.32. The molecule has 1 aliphatic rings. The lowest BCUT2D eigenvalue weighted by atomic mass is 9.81. The third-order valence-electron chi connectivity index (χ3n) is 6.00. The molecular weight excluding hydrogens is 383 g/mol. The number of benzene rings is 1. The Labute approximate surface area is 175 Å². The van der Waals surface area contributed by atoms with Gasteiger partial charge in [0.05, 0.1) is 22.4 Å². The van der Waals surface area contributed by atoms with E-state index in [9.17, 15) is 4.79 Å². The van der Waals surface area contributed by atoms with Crippen LogP contribution in [0.15, 0.2) is 36.8 Å². The fourth-order valence-electron chi connectivity index (χ4n) is 3.49. The van der Waals surface area contributed by atoms with E-state index in [-0.39, 0.29) is 6.54 Å². The lowest BCUT2D eigenvalue weighted by Crippen LogP contribution is -2.41. The van der Waals surface area contributed by atoms with Gasteiger partial charge >= 0.3 is 13.2 Å². The number of aromatic nitrogens is 3. The molecule has 1 amide bonds. The molecule has 0 atom stereocenters. The van der Waals surface area contributed by atoms with E-state index in [1.807, 2.05) is 65.1 Å². The van der Waals surface area contributed by atoms with E-state index in [1.165, 1.54) is 6.33 Å². The van der Waals surface area contributed by atoms with Gasteiger partial charge in [0.2, 0.25) is 0 Å². The summed E-state index contributed by atoms with van der Waals surface area (Å²) in [6, 6.07) is 7.85. The standard InChI is InChI=1S/C21H25BN4O4/c1-13-8-14(6-7-15(13)10-23-19(27)28)18-17-9-16(11-26(17)25-12-24-18)22-29-20(2,3)21(4,5)30-22/h6-9,11-12,23H,10H2,1-5H3,(H,27,28). The fourth-order valence-corrected chi connectivity index (χ4v) is 3.49. The number of nitrogens with one attached hydrogen (secondary N) is 1. The van der Waals surface area contributed by atoms with E-state index in [1.54, 1.807) is 4.52 Å². The molecule has 0 radical (unpaired) electrons. The second kappa shape index (κ2) is 7.10. The molecule has 0 spiro atoms. The molecule has 1 saturated heterocycles. The zero-order valence-electron chi connectivity index (χ0n) is 17.8. The first-order valence-electron chi connectivity index (χ1n) is 9.83. The predicted octanol–water partition coefficient (Wildman–Crippen LogP) is 2.77. The minimum atomic E-state index is -1.04. The summed E-state index contributed by atoms with van der Waals surface area (Å²) in [7, 11) is -0.476. The van der Waals surface area contributed by atoms with Gasteiger partial charge in [-0.2, -0.15) is 5.10 Å². The summed E-state index contributed by atoms with van der Waals surface area (Å²) in [5.41, 5.74) is 4.50. The van der Waals surface area contributed by atoms with Crippen LogP contribution in [0.3, 0.4) is 0 Å². The van der Waals surface area contributed by atoms with Crippen LogP contribution < -0.4 is 10.8 Å². The van der Waals surface area contributed by atoms with E-state index in [2.05, 4.69) is 15.4 Å². The van der Waals surface area contributed by atoms with Crippen molar-refractivity contribution in [1.29, 1.82) is 0 Å². The summed E-state index contributed by atoms with van der Waals surface area (Å²) in [6.07, 6.45) is 2.38. The molecule has 0 unspecified atom stereocenters. The highest BCUT2D eigenvalue weighted by atomic mass is 16.7. The third kappa shape index (κ3) is 3.55. The first-order valence-corrected chi connectivity index (χ1v) is 9.83. The molecule has 9 heteroatoms. The van der Waals surface area contributed by atoms with Gasteiger partial charge in [-0.1, -0.05) is 12.1 Å². The quantitative estimate of drug-likeness (QED) is 0.645. The summed E-state index contributed by atoms with van der Waals surface area (Å²) in [5.74, 6) is 0. The van der Waals surface area contributed by atoms with Gasteiger partial charge in [0.25, 0.3) is 0 Å². The van der Waals surface area contributed by atoms with Crippen LogP contribution in [0.5, 0.6) is 0 Å². The number of carboxylic acid groups (broad SMARTS) is 1. The largest absolute Gasteiger partial charge is 0.496 e. The molecule has 156 valence electrons. The van der Waals surface area contributed by atoms with Gasteiger partial charge in [0, 0.05) is 23.8 Å². The molecule has 8 nitrogen and oxygen atoms in total. The minimum absolute atomic E-state index is 0.262. The molecule has 2 N–H and O–H groups in total. The lowest BCUT2D eigenvalue weighted by molar-refractivity contribution is 0.00578. The van der Waals surface area contributed by atoms with Crippen molar-refractivity contribution in [2.24, 2.45) is 0 Å². The highest BCUT2D eigenvalue weighted by molar-refractivity contribution is 6.62. The van der Waals surface area contributed by atoms with Crippen molar-refractivity contribution in [1.82, 2.24) is 19.9 Å². The first kappa shape index (κ1) is 20.4. The summed E-state index contributed by atoms with van der Waals surface area (Å²) in [6.45, 7) is 10.3. The second-order valence-corrected chi connectivity index (χ2v) is 8.60. The van der Waals surface area contributed by atoms with Crippen LogP contribution in [0, 0.1) is 6.92 Å². The maximum Gasteiger partial charge on any atom is 0.496 e. The Morgan fingerprint density at radius 1 is 1.20 bits per heavy atom. The molecule has 1 aliphatic heterocycles. The van der Waals surface area contributed by atoms with Crippen molar-refractivity contribution in [3.63, 3.8) is 0 Å². The van der Waals surface area contributed by atoms with Crippen LogP contribution in [-0.4, -0.2) is 44.1 Å². The highest BCUT2D eigenvalue weighted by Crippen LogP contribution is 2.36. The molecule has 3 aromatic rings. The minimum Gasteiger partial charge on any atom is -0.465 e. The zero-order chi connectivity index (χ0) is 21.7. The Kier molecular flexibility index (Phi) is 4.82. The monoisotopic (exact) mass is 408 g/mol. The SMILES string of the molecule is Cc1cc(-c2ncnn3cc(B4OC(C)(C)C(C)(C)O4)cc23)ccc1CNC(=O)O.